The van der Waals surface area contributed by atoms with E-state index in [1.165, 1.54) is 5.75 Å². The van der Waals surface area contributed by atoms with Gasteiger partial charge in [-0.15, -0.1) is 10.2 Å². The minimum Gasteiger partial charge on any atom is -0.306 e. The molecule has 0 amide bonds. The molecule has 1 saturated heterocycles. The number of fused-ring (bicyclic) bond motifs is 1. The van der Waals surface area contributed by atoms with Crippen LogP contribution in [0.25, 0.3) is 5.65 Å². The minimum absolute atomic E-state index is 0.294. The molecule has 3 heterocycles. The van der Waals surface area contributed by atoms with Crippen LogP contribution in [-0.2, 0) is 0 Å². The van der Waals surface area contributed by atoms with Crippen molar-refractivity contribution >= 4 is 17.4 Å². The first-order chi connectivity index (χ1) is 7.45. The highest BCUT2D eigenvalue weighted by Gasteiger charge is 2.20. The van der Waals surface area contributed by atoms with Crippen molar-refractivity contribution < 1.29 is 0 Å². The smallest absolute Gasteiger partial charge is 0.163 e. The summed E-state index contributed by atoms with van der Waals surface area (Å²) < 4.78 is 1.95. The molecule has 1 atom stereocenters. The van der Waals surface area contributed by atoms with E-state index in [-0.39, 0.29) is 0 Å². The first kappa shape index (κ1) is 9.11. The van der Waals surface area contributed by atoms with Crippen molar-refractivity contribution in [2.24, 2.45) is 0 Å². The molecule has 2 aromatic rings. The van der Waals surface area contributed by atoms with E-state index in [0.717, 1.165) is 23.8 Å². The molecule has 0 radical (unpaired) electrons. The second kappa shape index (κ2) is 3.79. The Morgan fingerprint density at radius 2 is 2.47 bits per heavy atom. The first-order valence-corrected chi connectivity index (χ1v) is 6.06. The van der Waals surface area contributed by atoms with Crippen LogP contribution in [0.2, 0.25) is 0 Å². The van der Waals surface area contributed by atoms with Crippen LogP contribution < -0.4 is 5.32 Å². The Balaban J connectivity index is 2.02. The topological polar surface area (TPSA) is 55.1 Å². The highest BCUT2D eigenvalue weighted by molar-refractivity contribution is 7.99. The standard InChI is InChI=1S/C9H11N5S/c1-2-10-6-14-8(1)12-13-9(14)7-5-15-4-3-11-7/h1-2,6-7,11H,3-5H2. The van der Waals surface area contributed by atoms with Gasteiger partial charge in [0, 0.05) is 30.3 Å². The minimum atomic E-state index is 0.294. The summed E-state index contributed by atoms with van der Waals surface area (Å²) in [5.41, 5.74) is 0.859. The molecule has 1 aliphatic heterocycles. The quantitative estimate of drug-likeness (QED) is 0.760. The zero-order valence-electron chi connectivity index (χ0n) is 8.13. The normalized spacial score (nSPS) is 22.0. The van der Waals surface area contributed by atoms with Crippen molar-refractivity contribution in [2.75, 3.05) is 18.1 Å². The number of aromatic nitrogens is 4. The fraction of sp³-hybridized carbons (Fsp3) is 0.444. The van der Waals surface area contributed by atoms with Gasteiger partial charge in [-0.1, -0.05) is 0 Å². The Labute approximate surface area is 91.3 Å². The fourth-order valence-electron chi connectivity index (χ4n) is 1.73. The Morgan fingerprint density at radius 3 is 3.33 bits per heavy atom. The molecule has 2 aromatic heterocycles. The average Bonchev–Trinajstić information content (AvgIpc) is 2.74. The predicted octanol–water partition coefficient (Wildman–Crippen LogP) is 0.502. The maximum atomic E-state index is 4.22. The molecular weight excluding hydrogens is 210 g/mol. The Kier molecular flexibility index (Phi) is 2.30. The Morgan fingerprint density at radius 1 is 1.47 bits per heavy atom. The van der Waals surface area contributed by atoms with Gasteiger partial charge in [0.15, 0.2) is 11.5 Å². The van der Waals surface area contributed by atoms with Gasteiger partial charge in [-0.3, -0.25) is 4.40 Å². The maximum absolute atomic E-state index is 4.22. The van der Waals surface area contributed by atoms with Gasteiger partial charge in [-0.2, -0.15) is 11.8 Å². The lowest BCUT2D eigenvalue weighted by atomic mass is 10.3. The van der Waals surface area contributed by atoms with Crippen LogP contribution in [0.15, 0.2) is 18.6 Å². The van der Waals surface area contributed by atoms with Crippen LogP contribution >= 0.6 is 11.8 Å². The van der Waals surface area contributed by atoms with E-state index in [2.05, 4.69) is 20.5 Å². The highest BCUT2D eigenvalue weighted by atomic mass is 32.2. The monoisotopic (exact) mass is 221 g/mol. The number of nitrogens with zero attached hydrogens (tertiary/aromatic N) is 4. The summed E-state index contributed by atoms with van der Waals surface area (Å²) in [6.45, 7) is 1.03. The molecule has 0 spiro atoms. The summed E-state index contributed by atoms with van der Waals surface area (Å²) in [5.74, 6) is 3.19. The van der Waals surface area contributed by atoms with Crippen molar-refractivity contribution in [1.82, 2.24) is 24.9 Å². The molecule has 0 saturated carbocycles. The molecular formula is C9H11N5S. The van der Waals surface area contributed by atoms with Gasteiger partial charge in [0.1, 0.15) is 6.33 Å². The van der Waals surface area contributed by atoms with E-state index in [0.29, 0.717) is 6.04 Å². The average molecular weight is 221 g/mol. The van der Waals surface area contributed by atoms with Crippen molar-refractivity contribution in [2.45, 2.75) is 6.04 Å². The van der Waals surface area contributed by atoms with Gasteiger partial charge in [-0.25, -0.2) is 4.98 Å². The number of rotatable bonds is 1. The van der Waals surface area contributed by atoms with Crippen LogP contribution in [-0.4, -0.2) is 37.6 Å². The zero-order chi connectivity index (χ0) is 10.1. The summed E-state index contributed by atoms with van der Waals surface area (Å²) >= 11 is 1.95. The van der Waals surface area contributed by atoms with Crippen LogP contribution in [0.3, 0.4) is 0 Å². The number of hydrogen-bond donors (Lipinski definition) is 1. The molecule has 1 aliphatic rings. The van der Waals surface area contributed by atoms with Gasteiger partial charge in [-0.05, 0) is 0 Å². The first-order valence-electron chi connectivity index (χ1n) is 4.91. The number of thioether (sulfide) groups is 1. The van der Waals surface area contributed by atoms with Gasteiger partial charge >= 0.3 is 0 Å². The summed E-state index contributed by atoms with van der Waals surface area (Å²) in [6.07, 6.45) is 3.50. The zero-order valence-corrected chi connectivity index (χ0v) is 8.94. The van der Waals surface area contributed by atoms with E-state index in [1.54, 1.807) is 12.5 Å². The molecule has 1 N–H and O–H groups in total. The third kappa shape index (κ3) is 1.59. The number of nitrogens with one attached hydrogen (secondary N) is 1. The maximum Gasteiger partial charge on any atom is 0.163 e. The summed E-state index contributed by atoms with van der Waals surface area (Å²) in [5, 5.41) is 11.8. The molecule has 0 aromatic carbocycles. The van der Waals surface area contributed by atoms with Crippen molar-refractivity contribution in [3.63, 3.8) is 0 Å². The van der Waals surface area contributed by atoms with E-state index in [4.69, 9.17) is 0 Å². The van der Waals surface area contributed by atoms with E-state index in [9.17, 15) is 0 Å². The molecule has 78 valence electrons. The Hall–Kier alpha value is -1.14. The Bertz CT molecular complexity index is 462. The van der Waals surface area contributed by atoms with E-state index >= 15 is 0 Å². The second-order valence-corrected chi connectivity index (χ2v) is 4.60. The summed E-state index contributed by atoms with van der Waals surface area (Å²) in [7, 11) is 0. The second-order valence-electron chi connectivity index (χ2n) is 3.45. The molecule has 6 heteroatoms. The van der Waals surface area contributed by atoms with Crippen LogP contribution in [0.4, 0.5) is 0 Å². The third-order valence-electron chi connectivity index (χ3n) is 2.47. The van der Waals surface area contributed by atoms with Crippen molar-refractivity contribution in [1.29, 1.82) is 0 Å². The molecule has 3 rings (SSSR count). The van der Waals surface area contributed by atoms with Gasteiger partial charge < -0.3 is 5.32 Å². The van der Waals surface area contributed by atoms with E-state index in [1.807, 2.05) is 22.2 Å². The highest BCUT2D eigenvalue weighted by Crippen LogP contribution is 2.20. The van der Waals surface area contributed by atoms with Crippen LogP contribution in [0.1, 0.15) is 11.9 Å². The molecule has 0 bridgehead atoms. The molecule has 0 aliphatic carbocycles. The predicted molar refractivity (Wildman–Crippen MR) is 58.9 cm³/mol. The van der Waals surface area contributed by atoms with Crippen LogP contribution in [0.5, 0.6) is 0 Å². The van der Waals surface area contributed by atoms with Gasteiger partial charge in [0.25, 0.3) is 0 Å². The van der Waals surface area contributed by atoms with Crippen LogP contribution in [0, 0.1) is 0 Å². The molecule has 5 nitrogen and oxygen atoms in total. The summed E-state index contributed by atoms with van der Waals surface area (Å²) in [6, 6.07) is 2.16. The SMILES string of the molecule is c1cc2nnc(C3CSCCN3)n2cn1. The van der Waals surface area contributed by atoms with Gasteiger partial charge in [0.2, 0.25) is 0 Å². The lowest BCUT2D eigenvalue weighted by Crippen LogP contribution is -2.31. The summed E-state index contributed by atoms with van der Waals surface area (Å²) in [4.78, 5) is 4.09. The molecule has 15 heavy (non-hydrogen) atoms. The molecule has 1 unspecified atom stereocenters. The van der Waals surface area contributed by atoms with Crippen molar-refractivity contribution in [3.8, 4) is 0 Å². The molecule has 1 fully saturated rings. The third-order valence-corrected chi connectivity index (χ3v) is 3.54. The van der Waals surface area contributed by atoms with Gasteiger partial charge in [0.05, 0.1) is 6.04 Å². The van der Waals surface area contributed by atoms with E-state index < -0.39 is 0 Å². The largest absolute Gasteiger partial charge is 0.306 e. The lowest BCUT2D eigenvalue weighted by molar-refractivity contribution is 0.558. The van der Waals surface area contributed by atoms with Crippen molar-refractivity contribution in [3.05, 3.63) is 24.4 Å². The number of hydrogen-bond acceptors (Lipinski definition) is 5. The lowest BCUT2D eigenvalue weighted by Gasteiger charge is -2.21. The fourth-order valence-corrected chi connectivity index (χ4v) is 2.66.